The lowest BCUT2D eigenvalue weighted by Gasteiger charge is -2.31. The van der Waals surface area contributed by atoms with Gasteiger partial charge in [0.1, 0.15) is 5.54 Å². The second-order valence-corrected chi connectivity index (χ2v) is 6.48. The van der Waals surface area contributed by atoms with Gasteiger partial charge in [-0.3, -0.25) is 4.79 Å². The molecule has 2 unspecified atom stereocenters. The minimum atomic E-state index is -0.759. The van der Waals surface area contributed by atoms with Gasteiger partial charge in [0.05, 0.1) is 18.8 Å². The highest BCUT2D eigenvalue weighted by Crippen LogP contribution is 2.37. The summed E-state index contributed by atoms with van der Waals surface area (Å²) in [5.41, 5.74) is -0.898. The Kier molecular flexibility index (Phi) is 6.43. The molecule has 1 aliphatic carbocycles. The number of likely N-dealkylation sites (N-methyl/N-ethyl adjacent to an activating group) is 1. The van der Waals surface area contributed by atoms with Crippen LogP contribution in [0.1, 0.15) is 46.5 Å². The van der Waals surface area contributed by atoms with Gasteiger partial charge in [0.2, 0.25) is 0 Å². The summed E-state index contributed by atoms with van der Waals surface area (Å²) in [6, 6.07) is 0. The smallest absolute Gasteiger partial charge is 0.324 e. The fourth-order valence-electron chi connectivity index (χ4n) is 2.92. The number of carboxylic acids is 1. The van der Waals surface area contributed by atoms with E-state index >= 15 is 0 Å². The Bertz CT molecular complexity index is 313. The molecule has 1 saturated carbocycles. The van der Waals surface area contributed by atoms with Crippen LogP contribution in [0, 0.1) is 5.92 Å². The van der Waals surface area contributed by atoms with Crippen molar-refractivity contribution in [1.29, 1.82) is 0 Å². The SMILES string of the molecule is CNC1(C(=O)O)CCCC1CCOCCOC(C)(C)C. The fraction of sp³-hybridized carbons (Fsp3) is 0.933. The molecule has 0 aromatic carbocycles. The van der Waals surface area contributed by atoms with Gasteiger partial charge in [-0.2, -0.15) is 0 Å². The minimum absolute atomic E-state index is 0.139. The molecule has 20 heavy (non-hydrogen) atoms. The third-order valence-corrected chi connectivity index (χ3v) is 4.02. The number of hydrogen-bond donors (Lipinski definition) is 2. The predicted octanol–water partition coefficient (Wildman–Crippen LogP) is 2.05. The molecule has 1 fully saturated rings. The van der Waals surface area contributed by atoms with Crippen LogP contribution in [0.2, 0.25) is 0 Å². The average molecular weight is 287 g/mol. The third kappa shape index (κ3) is 4.72. The normalized spacial score (nSPS) is 26.9. The Morgan fingerprint density at radius 3 is 2.60 bits per heavy atom. The summed E-state index contributed by atoms with van der Waals surface area (Å²) in [6.45, 7) is 7.77. The lowest BCUT2D eigenvalue weighted by molar-refractivity contribution is -0.146. The van der Waals surface area contributed by atoms with Crippen LogP contribution in [0.25, 0.3) is 0 Å². The number of hydrogen-bond acceptors (Lipinski definition) is 4. The first-order valence-electron chi connectivity index (χ1n) is 7.46. The summed E-state index contributed by atoms with van der Waals surface area (Å²) in [7, 11) is 1.74. The van der Waals surface area contributed by atoms with Crippen molar-refractivity contribution in [3.8, 4) is 0 Å². The summed E-state index contributed by atoms with van der Waals surface area (Å²) >= 11 is 0. The van der Waals surface area contributed by atoms with Crippen molar-refractivity contribution in [3.05, 3.63) is 0 Å². The van der Waals surface area contributed by atoms with Gasteiger partial charge in [-0.05, 0) is 53.0 Å². The molecule has 1 aliphatic rings. The van der Waals surface area contributed by atoms with Crippen LogP contribution in [-0.4, -0.2) is 49.1 Å². The molecule has 0 heterocycles. The molecule has 0 saturated heterocycles. The Balaban J connectivity index is 2.26. The number of rotatable bonds is 8. The third-order valence-electron chi connectivity index (χ3n) is 4.02. The van der Waals surface area contributed by atoms with Crippen molar-refractivity contribution < 1.29 is 19.4 Å². The van der Waals surface area contributed by atoms with Crippen LogP contribution in [0.4, 0.5) is 0 Å². The van der Waals surface area contributed by atoms with E-state index in [1.807, 2.05) is 20.8 Å². The van der Waals surface area contributed by atoms with Crippen LogP contribution in [0.15, 0.2) is 0 Å². The Labute approximate surface area is 122 Å². The molecule has 0 spiro atoms. The Morgan fingerprint density at radius 2 is 2.05 bits per heavy atom. The summed E-state index contributed by atoms with van der Waals surface area (Å²) in [6.07, 6.45) is 3.40. The van der Waals surface area contributed by atoms with Crippen LogP contribution in [-0.2, 0) is 14.3 Å². The Morgan fingerprint density at radius 1 is 1.35 bits per heavy atom. The fourth-order valence-corrected chi connectivity index (χ4v) is 2.92. The van der Waals surface area contributed by atoms with Gasteiger partial charge in [-0.25, -0.2) is 0 Å². The Hall–Kier alpha value is -0.650. The van der Waals surface area contributed by atoms with Gasteiger partial charge in [-0.1, -0.05) is 6.42 Å². The molecule has 2 atom stereocenters. The van der Waals surface area contributed by atoms with E-state index in [2.05, 4.69) is 5.32 Å². The van der Waals surface area contributed by atoms with E-state index in [1.165, 1.54) is 0 Å². The van der Waals surface area contributed by atoms with Gasteiger partial charge >= 0.3 is 5.97 Å². The molecular formula is C15H29NO4. The molecule has 0 aromatic heterocycles. The second-order valence-electron chi connectivity index (χ2n) is 6.48. The van der Waals surface area contributed by atoms with Gasteiger partial charge in [0.25, 0.3) is 0 Å². The first kappa shape index (κ1) is 17.4. The maximum atomic E-state index is 11.5. The summed E-state index contributed by atoms with van der Waals surface area (Å²) < 4.78 is 11.1. The highest BCUT2D eigenvalue weighted by atomic mass is 16.5. The highest BCUT2D eigenvalue weighted by Gasteiger charge is 2.47. The zero-order chi connectivity index (χ0) is 15.2. The molecule has 0 amide bonds. The van der Waals surface area contributed by atoms with Crippen molar-refractivity contribution >= 4 is 5.97 Å². The predicted molar refractivity (Wildman–Crippen MR) is 77.9 cm³/mol. The van der Waals surface area contributed by atoms with Gasteiger partial charge in [0, 0.05) is 6.61 Å². The maximum Gasteiger partial charge on any atom is 0.324 e. The number of carbonyl (C=O) groups is 1. The van der Waals surface area contributed by atoms with E-state index in [-0.39, 0.29) is 11.5 Å². The number of nitrogens with one attached hydrogen (secondary N) is 1. The zero-order valence-electron chi connectivity index (χ0n) is 13.2. The second kappa shape index (κ2) is 7.38. The first-order chi connectivity index (χ1) is 9.32. The van der Waals surface area contributed by atoms with Crippen LogP contribution in [0.5, 0.6) is 0 Å². The molecule has 5 heteroatoms. The average Bonchev–Trinajstić information content (AvgIpc) is 2.76. The first-order valence-corrected chi connectivity index (χ1v) is 7.46. The summed E-state index contributed by atoms with van der Waals surface area (Å²) in [5, 5.41) is 12.5. The standard InChI is InChI=1S/C15H29NO4/c1-14(2,3)20-11-10-19-9-7-12-6-5-8-15(12,16-4)13(17)18/h12,16H,5-11H2,1-4H3,(H,17,18). The van der Waals surface area contributed by atoms with Crippen molar-refractivity contribution in [2.45, 2.75) is 57.6 Å². The minimum Gasteiger partial charge on any atom is -0.480 e. The van der Waals surface area contributed by atoms with Gasteiger partial charge in [0.15, 0.2) is 0 Å². The van der Waals surface area contributed by atoms with Crippen molar-refractivity contribution in [2.24, 2.45) is 5.92 Å². The van der Waals surface area contributed by atoms with Crippen LogP contribution >= 0.6 is 0 Å². The molecule has 0 aliphatic heterocycles. The molecular weight excluding hydrogens is 258 g/mol. The van der Waals surface area contributed by atoms with E-state index in [9.17, 15) is 9.90 Å². The van der Waals surface area contributed by atoms with Crippen molar-refractivity contribution in [2.75, 3.05) is 26.9 Å². The van der Waals surface area contributed by atoms with E-state index in [0.29, 0.717) is 26.2 Å². The van der Waals surface area contributed by atoms with Crippen LogP contribution < -0.4 is 5.32 Å². The van der Waals surface area contributed by atoms with Crippen LogP contribution in [0.3, 0.4) is 0 Å². The van der Waals surface area contributed by atoms with E-state index in [0.717, 1.165) is 19.3 Å². The van der Waals surface area contributed by atoms with Gasteiger partial charge < -0.3 is 19.9 Å². The molecule has 0 bridgehead atoms. The monoisotopic (exact) mass is 287 g/mol. The highest BCUT2D eigenvalue weighted by molar-refractivity contribution is 5.79. The largest absolute Gasteiger partial charge is 0.480 e. The summed E-state index contributed by atoms with van der Waals surface area (Å²) in [5.74, 6) is -0.591. The summed E-state index contributed by atoms with van der Waals surface area (Å²) in [4.78, 5) is 11.5. The zero-order valence-corrected chi connectivity index (χ0v) is 13.2. The van der Waals surface area contributed by atoms with Crippen molar-refractivity contribution in [1.82, 2.24) is 5.32 Å². The molecule has 2 N–H and O–H groups in total. The maximum absolute atomic E-state index is 11.5. The molecule has 118 valence electrons. The van der Waals surface area contributed by atoms with E-state index in [4.69, 9.17) is 9.47 Å². The molecule has 5 nitrogen and oxygen atoms in total. The topological polar surface area (TPSA) is 67.8 Å². The molecule has 0 aromatic rings. The lowest BCUT2D eigenvalue weighted by atomic mass is 9.85. The van der Waals surface area contributed by atoms with E-state index < -0.39 is 11.5 Å². The number of ether oxygens (including phenoxy) is 2. The molecule has 1 rings (SSSR count). The molecule has 0 radical (unpaired) electrons. The number of carboxylic acid groups (broad SMARTS) is 1. The number of aliphatic carboxylic acids is 1. The quantitative estimate of drug-likeness (QED) is 0.669. The van der Waals surface area contributed by atoms with E-state index in [1.54, 1.807) is 7.05 Å². The lowest BCUT2D eigenvalue weighted by Crippen LogP contribution is -2.53. The van der Waals surface area contributed by atoms with Gasteiger partial charge in [-0.15, -0.1) is 0 Å². The van der Waals surface area contributed by atoms with Crippen molar-refractivity contribution in [3.63, 3.8) is 0 Å².